The number of hydrogen-bond donors (Lipinski definition) is 1. The fourth-order valence-electron chi connectivity index (χ4n) is 2.77. The predicted molar refractivity (Wildman–Crippen MR) is 76.0 cm³/mol. The molecule has 2 atom stereocenters. The zero-order chi connectivity index (χ0) is 13.4. The first-order valence-electron chi connectivity index (χ1n) is 6.30. The van der Waals surface area contributed by atoms with Crippen LogP contribution in [0.2, 0.25) is 0 Å². The normalized spacial score (nSPS) is 21.4. The molecule has 98 valence electrons. The van der Waals surface area contributed by atoms with E-state index in [0.29, 0.717) is 6.42 Å². The van der Waals surface area contributed by atoms with Gasteiger partial charge in [0.1, 0.15) is 5.82 Å². The summed E-state index contributed by atoms with van der Waals surface area (Å²) in [5, 5.41) is 10.2. The molecule has 0 fully saturated rings. The van der Waals surface area contributed by atoms with E-state index in [-0.39, 0.29) is 11.7 Å². The summed E-state index contributed by atoms with van der Waals surface area (Å²) in [7, 11) is 0. The van der Waals surface area contributed by atoms with Crippen LogP contribution in [0.4, 0.5) is 4.39 Å². The van der Waals surface area contributed by atoms with Crippen LogP contribution in [0.25, 0.3) is 0 Å². The van der Waals surface area contributed by atoms with E-state index in [4.69, 9.17) is 0 Å². The van der Waals surface area contributed by atoms with E-state index in [1.807, 2.05) is 30.5 Å². The van der Waals surface area contributed by atoms with Crippen molar-refractivity contribution in [3.8, 4) is 0 Å². The SMILES string of the molecule is CSc1ccc2c(c1)[C@@H](c1ccc(F)cc1)C[C@@H]2O. The van der Waals surface area contributed by atoms with Gasteiger partial charge in [0.15, 0.2) is 0 Å². The molecule has 1 aliphatic rings. The monoisotopic (exact) mass is 274 g/mol. The van der Waals surface area contributed by atoms with Gasteiger partial charge in [0, 0.05) is 10.8 Å². The Hall–Kier alpha value is -1.32. The molecule has 19 heavy (non-hydrogen) atoms. The van der Waals surface area contributed by atoms with Crippen LogP contribution in [0.3, 0.4) is 0 Å². The number of aliphatic hydroxyl groups excluding tert-OH is 1. The smallest absolute Gasteiger partial charge is 0.123 e. The van der Waals surface area contributed by atoms with Crippen LogP contribution < -0.4 is 0 Å². The van der Waals surface area contributed by atoms with Crippen LogP contribution >= 0.6 is 11.8 Å². The minimum atomic E-state index is -0.416. The van der Waals surface area contributed by atoms with Crippen LogP contribution in [-0.2, 0) is 0 Å². The number of aliphatic hydroxyl groups is 1. The van der Waals surface area contributed by atoms with E-state index in [9.17, 15) is 9.50 Å². The molecule has 1 nitrogen and oxygen atoms in total. The summed E-state index contributed by atoms with van der Waals surface area (Å²) < 4.78 is 13.0. The van der Waals surface area contributed by atoms with Gasteiger partial charge in [-0.1, -0.05) is 18.2 Å². The van der Waals surface area contributed by atoms with Crippen molar-refractivity contribution in [3.05, 3.63) is 65.0 Å². The molecule has 1 N–H and O–H groups in total. The van der Waals surface area contributed by atoms with Gasteiger partial charge in [0.25, 0.3) is 0 Å². The third-order valence-electron chi connectivity index (χ3n) is 3.76. The molecule has 0 bridgehead atoms. The summed E-state index contributed by atoms with van der Waals surface area (Å²) in [5.74, 6) is -0.0573. The van der Waals surface area contributed by atoms with E-state index in [1.54, 1.807) is 11.8 Å². The molecule has 0 unspecified atom stereocenters. The number of hydrogen-bond acceptors (Lipinski definition) is 2. The Labute approximate surface area is 116 Å². The van der Waals surface area contributed by atoms with E-state index in [1.165, 1.54) is 22.6 Å². The molecule has 0 aliphatic heterocycles. The Morgan fingerprint density at radius 2 is 1.84 bits per heavy atom. The molecular formula is C16H15FOS. The molecule has 2 aromatic rings. The van der Waals surface area contributed by atoms with E-state index in [0.717, 1.165) is 11.1 Å². The second-order valence-electron chi connectivity index (χ2n) is 4.85. The summed E-state index contributed by atoms with van der Waals surface area (Å²) >= 11 is 1.69. The minimum absolute atomic E-state index is 0.165. The van der Waals surface area contributed by atoms with Gasteiger partial charge in [0.2, 0.25) is 0 Å². The Kier molecular flexibility index (Phi) is 3.33. The van der Waals surface area contributed by atoms with Crippen LogP contribution in [0, 0.1) is 5.82 Å². The number of rotatable bonds is 2. The summed E-state index contributed by atoms with van der Waals surface area (Å²) in [6.45, 7) is 0. The Balaban J connectivity index is 2.04. The summed E-state index contributed by atoms with van der Waals surface area (Å²) in [6.07, 6.45) is 2.31. The number of benzene rings is 2. The maximum Gasteiger partial charge on any atom is 0.123 e. The van der Waals surface area contributed by atoms with Crippen LogP contribution in [0.1, 0.15) is 35.1 Å². The van der Waals surface area contributed by atoms with Crippen molar-refractivity contribution >= 4 is 11.8 Å². The van der Waals surface area contributed by atoms with E-state index >= 15 is 0 Å². The van der Waals surface area contributed by atoms with Gasteiger partial charge >= 0.3 is 0 Å². The number of thioether (sulfide) groups is 1. The molecule has 0 heterocycles. The average molecular weight is 274 g/mol. The molecule has 1 aliphatic carbocycles. The highest BCUT2D eigenvalue weighted by atomic mass is 32.2. The maximum atomic E-state index is 13.0. The summed E-state index contributed by atoms with van der Waals surface area (Å²) in [6, 6.07) is 12.8. The van der Waals surface area contributed by atoms with E-state index in [2.05, 4.69) is 6.07 Å². The Bertz CT molecular complexity index is 594. The fraction of sp³-hybridized carbons (Fsp3) is 0.250. The van der Waals surface area contributed by atoms with Crippen molar-refractivity contribution < 1.29 is 9.50 Å². The lowest BCUT2D eigenvalue weighted by atomic mass is 9.93. The van der Waals surface area contributed by atoms with Crippen LogP contribution in [-0.4, -0.2) is 11.4 Å². The number of fused-ring (bicyclic) bond motifs is 1. The molecule has 3 rings (SSSR count). The highest BCUT2D eigenvalue weighted by molar-refractivity contribution is 7.98. The first-order chi connectivity index (χ1) is 9.19. The molecule has 2 aromatic carbocycles. The second kappa shape index (κ2) is 4.99. The Morgan fingerprint density at radius 3 is 2.53 bits per heavy atom. The van der Waals surface area contributed by atoms with Gasteiger partial charge in [-0.15, -0.1) is 11.8 Å². The lowest BCUT2D eigenvalue weighted by molar-refractivity contribution is 0.176. The zero-order valence-corrected chi connectivity index (χ0v) is 11.5. The largest absolute Gasteiger partial charge is 0.388 e. The number of halogens is 1. The van der Waals surface area contributed by atoms with Crippen molar-refractivity contribution in [2.75, 3.05) is 6.26 Å². The second-order valence-corrected chi connectivity index (χ2v) is 5.73. The molecule has 0 aromatic heterocycles. The quantitative estimate of drug-likeness (QED) is 0.831. The molecule has 3 heteroatoms. The molecule has 0 amide bonds. The molecule has 0 spiro atoms. The van der Waals surface area contributed by atoms with Gasteiger partial charge in [-0.3, -0.25) is 0 Å². The van der Waals surface area contributed by atoms with Crippen molar-refractivity contribution in [1.82, 2.24) is 0 Å². The molecule has 0 radical (unpaired) electrons. The van der Waals surface area contributed by atoms with Gasteiger partial charge < -0.3 is 5.11 Å². The minimum Gasteiger partial charge on any atom is -0.388 e. The maximum absolute atomic E-state index is 13.0. The van der Waals surface area contributed by atoms with E-state index < -0.39 is 6.10 Å². The van der Waals surface area contributed by atoms with Crippen molar-refractivity contribution in [1.29, 1.82) is 0 Å². The first kappa shape index (κ1) is 12.7. The predicted octanol–water partition coefficient (Wildman–Crippen LogP) is 4.12. The lowest BCUT2D eigenvalue weighted by Crippen LogP contribution is -1.96. The molecule has 0 saturated carbocycles. The standard InChI is InChI=1S/C16H15FOS/c1-19-12-6-7-13-15(8-12)14(9-16(13)18)10-2-4-11(17)5-3-10/h2-8,14,16,18H,9H2,1H3/t14-,16+/m1/s1. The summed E-state index contributed by atoms with van der Waals surface area (Å²) in [5.41, 5.74) is 3.25. The van der Waals surface area contributed by atoms with Gasteiger partial charge in [-0.2, -0.15) is 0 Å². The van der Waals surface area contributed by atoms with Gasteiger partial charge in [0.05, 0.1) is 6.10 Å². The zero-order valence-electron chi connectivity index (χ0n) is 10.6. The van der Waals surface area contributed by atoms with Gasteiger partial charge in [-0.25, -0.2) is 4.39 Å². The molecule has 0 saturated heterocycles. The topological polar surface area (TPSA) is 20.2 Å². The lowest BCUT2D eigenvalue weighted by Gasteiger charge is -2.12. The summed E-state index contributed by atoms with van der Waals surface area (Å²) in [4.78, 5) is 1.19. The van der Waals surface area contributed by atoms with Gasteiger partial charge in [-0.05, 0) is 53.6 Å². The fourth-order valence-corrected chi connectivity index (χ4v) is 3.22. The molecular weight excluding hydrogens is 259 g/mol. The van der Waals surface area contributed by atoms with Crippen molar-refractivity contribution in [2.45, 2.75) is 23.3 Å². The van der Waals surface area contributed by atoms with Crippen molar-refractivity contribution in [3.63, 3.8) is 0 Å². The highest BCUT2D eigenvalue weighted by Gasteiger charge is 2.30. The van der Waals surface area contributed by atoms with Crippen molar-refractivity contribution in [2.24, 2.45) is 0 Å². The van der Waals surface area contributed by atoms with Crippen LogP contribution in [0.5, 0.6) is 0 Å². The Morgan fingerprint density at radius 1 is 1.11 bits per heavy atom. The first-order valence-corrected chi connectivity index (χ1v) is 7.53. The average Bonchev–Trinajstić information content (AvgIpc) is 2.76. The highest BCUT2D eigenvalue weighted by Crippen LogP contribution is 2.45. The third-order valence-corrected chi connectivity index (χ3v) is 4.49. The third kappa shape index (κ3) is 2.28. The van der Waals surface area contributed by atoms with Crippen LogP contribution in [0.15, 0.2) is 47.4 Å².